The van der Waals surface area contributed by atoms with Gasteiger partial charge in [-0.15, -0.1) is 0 Å². The Morgan fingerprint density at radius 1 is 1.41 bits per heavy atom. The van der Waals surface area contributed by atoms with Crippen LogP contribution in [0.15, 0.2) is 0 Å². The van der Waals surface area contributed by atoms with Gasteiger partial charge in [0.2, 0.25) is 11.8 Å². The number of nitrogens with zero attached hydrogens (tertiary/aromatic N) is 2. The maximum atomic E-state index is 12.2. The second-order valence-electron chi connectivity index (χ2n) is 5.21. The molecule has 2 atom stereocenters. The molecule has 0 aromatic rings. The van der Waals surface area contributed by atoms with E-state index in [1.807, 2.05) is 0 Å². The molecule has 2 heterocycles. The number of carbonyl (C=O) groups is 2. The molecule has 0 saturated carbocycles. The van der Waals surface area contributed by atoms with Gasteiger partial charge in [-0.05, 0) is 25.3 Å². The van der Waals surface area contributed by atoms with Crippen LogP contribution in [0.5, 0.6) is 0 Å². The van der Waals surface area contributed by atoms with Gasteiger partial charge in [-0.25, -0.2) is 0 Å². The van der Waals surface area contributed by atoms with E-state index in [2.05, 4.69) is 12.2 Å². The summed E-state index contributed by atoms with van der Waals surface area (Å²) in [6.45, 7) is 4.62. The molecule has 2 fully saturated rings. The van der Waals surface area contributed by atoms with Crippen LogP contribution in [-0.2, 0) is 9.59 Å². The van der Waals surface area contributed by atoms with E-state index in [9.17, 15) is 9.59 Å². The quantitative estimate of drug-likeness (QED) is 0.682. The zero-order chi connectivity index (χ0) is 12.4. The summed E-state index contributed by atoms with van der Waals surface area (Å²) < 4.78 is 0. The van der Waals surface area contributed by atoms with Crippen LogP contribution in [0.1, 0.15) is 19.8 Å². The lowest BCUT2D eigenvalue weighted by Crippen LogP contribution is -2.56. The van der Waals surface area contributed by atoms with Crippen LogP contribution in [0, 0.1) is 5.92 Å². The molecule has 0 radical (unpaired) electrons. The van der Waals surface area contributed by atoms with Crippen LogP contribution in [0.25, 0.3) is 0 Å². The summed E-state index contributed by atoms with van der Waals surface area (Å²) in [4.78, 5) is 27.2. The standard InChI is InChI=1S/C12H21N3O2/c1-9-3-4-13-10(7-9)12(17)15-6-5-14(2)11(16)8-15/h9-10,13H,3-8H2,1-2H3. The van der Waals surface area contributed by atoms with Crippen LogP contribution < -0.4 is 5.32 Å². The molecule has 0 spiro atoms. The fourth-order valence-electron chi connectivity index (χ4n) is 2.46. The van der Waals surface area contributed by atoms with Crippen molar-refractivity contribution in [1.29, 1.82) is 0 Å². The Morgan fingerprint density at radius 3 is 2.82 bits per heavy atom. The first-order chi connectivity index (χ1) is 8.08. The Kier molecular flexibility index (Phi) is 3.66. The molecule has 96 valence electrons. The van der Waals surface area contributed by atoms with E-state index >= 15 is 0 Å². The molecule has 2 unspecified atom stereocenters. The number of likely N-dealkylation sites (N-methyl/N-ethyl adjacent to an activating group) is 1. The molecule has 2 aliphatic heterocycles. The Bertz CT molecular complexity index is 319. The highest BCUT2D eigenvalue weighted by Gasteiger charge is 2.31. The summed E-state index contributed by atoms with van der Waals surface area (Å²) in [5.74, 6) is 0.722. The third-order valence-electron chi connectivity index (χ3n) is 3.73. The second kappa shape index (κ2) is 5.04. The van der Waals surface area contributed by atoms with Crippen LogP contribution in [-0.4, -0.2) is 60.9 Å². The number of hydrogen-bond acceptors (Lipinski definition) is 3. The van der Waals surface area contributed by atoms with Gasteiger partial charge in [-0.2, -0.15) is 0 Å². The Morgan fingerprint density at radius 2 is 2.18 bits per heavy atom. The minimum absolute atomic E-state index is 0.0356. The van der Waals surface area contributed by atoms with Crippen LogP contribution >= 0.6 is 0 Å². The molecular weight excluding hydrogens is 218 g/mol. The van der Waals surface area contributed by atoms with E-state index in [-0.39, 0.29) is 24.4 Å². The predicted molar refractivity (Wildman–Crippen MR) is 64.4 cm³/mol. The largest absolute Gasteiger partial charge is 0.342 e. The third kappa shape index (κ3) is 2.77. The molecule has 0 aromatic carbocycles. The summed E-state index contributed by atoms with van der Waals surface area (Å²) in [5.41, 5.74) is 0. The van der Waals surface area contributed by atoms with Crippen molar-refractivity contribution in [3.63, 3.8) is 0 Å². The van der Waals surface area contributed by atoms with Crippen LogP contribution in [0.4, 0.5) is 0 Å². The van der Waals surface area contributed by atoms with Gasteiger partial charge in [0.1, 0.15) is 0 Å². The zero-order valence-corrected chi connectivity index (χ0v) is 10.6. The van der Waals surface area contributed by atoms with Gasteiger partial charge in [0, 0.05) is 20.1 Å². The maximum absolute atomic E-state index is 12.2. The summed E-state index contributed by atoms with van der Waals surface area (Å²) in [6.07, 6.45) is 2.02. The molecule has 2 amide bonds. The molecule has 17 heavy (non-hydrogen) atoms. The Balaban J connectivity index is 1.93. The molecule has 2 rings (SSSR count). The lowest BCUT2D eigenvalue weighted by atomic mass is 9.93. The van der Waals surface area contributed by atoms with Crippen LogP contribution in [0.2, 0.25) is 0 Å². The summed E-state index contributed by atoms with van der Waals surface area (Å²) in [5, 5.41) is 3.26. The number of amides is 2. The lowest BCUT2D eigenvalue weighted by Gasteiger charge is -2.36. The average molecular weight is 239 g/mol. The average Bonchev–Trinajstić information content (AvgIpc) is 2.32. The zero-order valence-electron chi connectivity index (χ0n) is 10.6. The first-order valence-electron chi connectivity index (χ1n) is 6.34. The van der Waals surface area contributed by atoms with E-state index in [4.69, 9.17) is 0 Å². The smallest absolute Gasteiger partial charge is 0.241 e. The molecule has 0 aliphatic carbocycles. The highest BCUT2D eigenvalue weighted by molar-refractivity contribution is 5.88. The van der Waals surface area contributed by atoms with E-state index in [1.165, 1.54) is 0 Å². The first kappa shape index (κ1) is 12.4. The van der Waals surface area contributed by atoms with Crippen molar-refractivity contribution in [2.75, 3.05) is 33.2 Å². The second-order valence-corrected chi connectivity index (χ2v) is 5.21. The number of carbonyl (C=O) groups excluding carboxylic acids is 2. The van der Waals surface area contributed by atoms with Crippen molar-refractivity contribution in [3.8, 4) is 0 Å². The molecule has 1 N–H and O–H groups in total. The van der Waals surface area contributed by atoms with Crippen molar-refractivity contribution in [3.05, 3.63) is 0 Å². The first-order valence-corrected chi connectivity index (χ1v) is 6.34. The van der Waals surface area contributed by atoms with Crippen molar-refractivity contribution >= 4 is 11.8 Å². The summed E-state index contributed by atoms with van der Waals surface area (Å²) >= 11 is 0. The van der Waals surface area contributed by atoms with Crippen molar-refractivity contribution in [2.24, 2.45) is 5.92 Å². The highest BCUT2D eigenvalue weighted by atomic mass is 16.2. The minimum Gasteiger partial charge on any atom is -0.342 e. The van der Waals surface area contributed by atoms with Gasteiger partial charge in [0.15, 0.2) is 0 Å². The minimum atomic E-state index is -0.0880. The van der Waals surface area contributed by atoms with Crippen molar-refractivity contribution < 1.29 is 9.59 Å². The summed E-state index contributed by atoms with van der Waals surface area (Å²) in [6, 6.07) is -0.0880. The number of piperidine rings is 1. The molecular formula is C12H21N3O2. The molecule has 0 aromatic heterocycles. The molecule has 5 nitrogen and oxygen atoms in total. The molecule has 5 heteroatoms. The third-order valence-corrected chi connectivity index (χ3v) is 3.73. The Labute approximate surface area is 102 Å². The number of hydrogen-bond donors (Lipinski definition) is 1. The maximum Gasteiger partial charge on any atom is 0.241 e. The van der Waals surface area contributed by atoms with E-state index in [0.29, 0.717) is 19.0 Å². The topological polar surface area (TPSA) is 52.7 Å². The Hall–Kier alpha value is -1.10. The molecule has 2 saturated heterocycles. The van der Waals surface area contributed by atoms with Gasteiger partial charge in [-0.1, -0.05) is 6.92 Å². The van der Waals surface area contributed by atoms with Gasteiger partial charge < -0.3 is 15.1 Å². The highest BCUT2D eigenvalue weighted by Crippen LogP contribution is 2.17. The number of rotatable bonds is 1. The van der Waals surface area contributed by atoms with Gasteiger partial charge in [0.25, 0.3) is 0 Å². The van der Waals surface area contributed by atoms with E-state index < -0.39 is 0 Å². The monoisotopic (exact) mass is 239 g/mol. The van der Waals surface area contributed by atoms with Gasteiger partial charge >= 0.3 is 0 Å². The van der Waals surface area contributed by atoms with Gasteiger partial charge in [0.05, 0.1) is 12.6 Å². The SMILES string of the molecule is CC1CCNC(C(=O)N2CCN(C)C(=O)C2)C1. The predicted octanol–water partition coefficient (Wildman–Crippen LogP) is -0.325. The van der Waals surface area contributed by atoms with Crippen molar-refractivity contribution in [2.45, 2.75) is 25.8 Å². The van der Waals surface area contributed by atoms with Gasteiger partial charge in [-0.3, -0.25) is 9.59 Å². The fourth-order valence-corrected chi connectivity index (χ4v) is 2.46. The fraction of sp³-hybridized carbons (Fsp3) is 0.833. The lowest BCUT2D eigenvalue weighted by molar-refractivity contribution is -0.145. The van der Waals surface area contributed by atoms with E-state index in [0.717, 1.165) is 19.4 Å². The van der Waals surface area contributed by atoms with E-state index in [1.54, 1.807) is 16.8 Å². The van der Waals surface area contributed by atoms with Crippen molar-refractivity contribution in [1.82, 2.24) is 15.1 Å². The normalized spacial score (nSPS) is 30.6. The number of piperazine rings is 1. The molecule has 0 bridgehead atoms. The summed E-state index contributed by atoms with van der Waals surface area (Å²) in [7, 11) is 1.78. The van der Waals surface area contributed by atoms with Crippen LogP contribution in [0.3, 0.4) is 0 Å². The number of nitrogens with one attached hydrogen (secondary N) is 1. The molecule has 2 aliphatic rings.